The number of imidazole rings is 1. The normalized spacial score (nSPS) is 21.2. The molecule has 4 aromatic heterocycles. The lowest BCUT2D eigenvalue weighted by Gasteiger charge is -2.37. The van der Waals surface area contributed by atoms with Gasteiger partial charge in [-0.2, -0.15) is 10.2 Å². The van der Waals surface area contributed by atoms with E-state index in [1.54, 1.807) is 30.1 Å². The van der Waals surface area contributed by atoms with Crippen molar-refractivity contribution in [3.05, 3.63) is 76.4 Å². The van der Waals surface area contributed by atoms with Gasteiger partial charge in [0.1, 0.15) is 11.6 Å². The van der Waals surface area contributed by atoms with Crippen molar-refractivity contribution in [3.63, 3.8) is 0 Å². The third-order valence-corrected chi connectivity index (χ3v) is 11.1. The molecule has 2 saturated heterocycles. The molecular formula is C38H41F2N11O4. The van der Waals surface area contributed by atoms with Crippen molar-refractivity contribution >= 4 is 40.1 Å². The van der Waals surface area contributed by atoms with E-state index in [1.165, 1.54) is 32.2 Å². The number of anilines is 1. The molecule has 1 unspecified atom stereocenters. The van der Waals surface area contributed by atoms with E-state index >= 15 is 0 Å². The number of carbonyl (C=O) groups excluding carboxylic acids is 3. The number of nitrogens with zero attached hydrogens (tertiary/aromatic N) is 9. The molecule has 15 nitrogen and oxygen atoms in total. The molecule has 1 aromatic carbocycles. The van der Waals surface area contributed by atoms with E-state index in [1.807, 2.05) is 12.1 Å². The van der Waals surface area contributed by atoms with Gasteiger partial charge in [0, 0.05) is 64.8 Å². The summed E-state index contributed by atoms with van der Waals surface area (Å²) in [5, 5.41) is 13.3. The van der Waals surface area contributed by atoms with E-state index in [2.05, 4.69) is 47.5 Å². The zero-order valence-corrected chi connectivity index (χ0v) is 30.3. The molecule has 0 bridgehead atoms. The Kier molecular flexibility index (Phi) is 10.0. The first-order valence-corrected chi connectivity index (χ1v) is 18.6. The van der Waals surface area contributed by atoms with Crippen LogP contribution in [0.5, 0.6) is 0 Å². The predicted molar refractivity (Wildman–Crippen MR) is 197 cm³/mol. The Labute approximate surface area is 314 Å². The quantitative estimate of drug-likeness (QED) is 0.180. The van der Waals surface area contributed by atoms with E-state index in [0.717, 1.165) is 58.4 Å². The Morgan fingerprint density at radius 3 is 2.58 bits per heavy atom. The number of imide groups is 1. The molecular weight excluding hydrogens is 712 g/mol. The summed E-state index contributed by atoms with van der Waals surface area (Å²) in [7, 11) is 1.67. The number of hydrogen-bond donors (Lipinski definition) is 2. The van der Waals surface area contributed by atoms with Gasteiger partial charge in [0.25, 0.3) is 12.3 Å². The summed E-state index contributed by atoms with van der Waals surface area (Å²) in [5.41, 5.74) is 1.73. The van der Waals surface area contributed by atoms with Crippen LogP contribution in [0.3, 0.4) is 0 Å². The molecule has 3 fully saturated rings. The largest absolute Gasteiger partial charge is 0.329 e. The lowest BCUT2D eigenvalue weighted by molar-refractivity contribution is -0.135. The Balaban J connectivity index is 0.829. The minimum atomic E-state index is -2.84. The van der Waals surface area contributed by atoms with Crippen LogP contribution < -0.4 is 16.3 Å². The SMILES string of the molecule is Cn1c(=O)n(C2CCC(=O)NC2=O)c2cccc(C#CCN3CCN(C[C@H]4CC[C@H](n5cc(NC(=O)c6cnn7cccnc67)c(C(F)F)n5)CC4)CC3)c21. The molecule has 286 valence electrons. The molecule has 8 rings (SSSR count). The number of rotatable bonds is 8. The van der Waals surface area contributed by atoms with Gasteiger partial charge in [-0.3, -0.25) is 38.4 Å². The number of benzene rings is 1. The number of aryl methyl sites for hydroxylation is 1. The second-order valence-electron chi connectivity index (χ2n) is 14.5. The maximum absolute atomic E-state index is 14.0. The van der Waals surface area contributed by atoms with Crippen LogP contribution in [0.15, 0.2) is 53.8 Å². The van der Waals surface area contributed by atoms with Crippen LogP contribution in [0.4, 0.5) is 14.5 Å². The monoisotopic (exact) mass is 753 g/mol. The summed E-state index contributed by atoms with van der Waals surface area (Å²) in [4.78, 5) is 59.5. The summed E-state index contributed by atoms with van der Waals surface area (Å²) in [6.45, 7) is 5.15. The topological polar surface area (TPSA) is 157 Å². The fourth-order valence-corrected chi connectivity index (χ4v) is 8.13. The van der Waals surface area contributed by atoms with Crippen molar-refractivity contribution in [3.8, 4) is 11.8 Å². The zero-order chi connectivity index (χ0) is 38.2. The van der Waals surface area contributed by atoms with Crippen LogP contribution in [-0.4, -0.2) is 100 Å². The van der Waals surface area contributed by atoms with Crippen molar-refractivity contribution < 1.29 is 23.2 Å². The number of halogens is 2. The number of piperazine rings is 1. The molecule has 1 atom stereocenters. The highest BCUT2D eigenvalue weighted by atomic mass is 19.3. The molecule has 55 heavy (non-hydrogen) atoms. The average Bonchev–Trinajstić information content (AvgIpc) is 3.88. The van der Waals surface area contributed by atoms with Gasteiger partial charge in [-0.1, -0.05) is 17.9 Å². The molecule has 5 aromatic rings. The van der Waals surface area contributed by atoms with Crippen molar-refractivity contribution in [2.75, 3.05) is 44.6 Å². The third kappa shape index (κ3) is 7.26. The minimum Gasteiger partial charge on any atom is -0.319 e. The Hall–Kier alpha value is -5.73. The number of carbonyl (C=O) groups is 3. The smallest absolute Gasteiger partial charge is 0.319 e. The van der Waals surface area contributed by atoms with E-state index in [-0.39, 0.29) is 41.7 Å². The number of alkyl halides is 2. The molecule has 1 saturated carbocycles. The zero-order valence-electron chi connectivity index (χ0n) is 30.3. The van der Waals surface area contributed by atoms with Crippen molar-refractivity contribution in [2.24, 2.45) is 13.0 Å². The van der Waals surface area contributed by atoms with Crippen molar-refractivity contribution in [1.29, 1.82) is 0 Å². The summed E-state index contributed by atoms with van der Waals surface area (Å²) in [6.07, 6.45) is 7.21. The van der Waals surface area contributed by atoms with Gasteiger partial charge in [-0.25, -0.2) is 23.1 Å². The van der Waals surface area contributed by atoms with Gasteiger partial charge in [0.05, 0.1) is 41.1 Å². The second kappa shape index (κ2) is 15.2. The Morgan fingerprint density at radius 1 is 1.04 bits per heavy atom. The molecule has 1 aliphatic carbocycles. The molecule has 17 heteroatoms. The van der Waals surface area contributed by atoms with Crippen LogP contribution in [0, 0.1) is 17.8 Å². The van der Waals surface area contributed by atoms with Crippen LogP contribution in [0.25, 0.3) is 16.7 Å². The molecule has 0 spiro atoms. The highest BCUT2D eigenvalue weighted by Crippen LogP contribution is 2.35. The third-order valence-electron chi connectivity index (χ3n) is 11.1. The summed E-state index contributed by atoms with van der Waals surface area (Å²) >= 11 is 0. The summed E-state index contributed by atoms with van der Waals surface area (Å²) in [6, 6.07) is 6.41. The number of aromatic nitrogens is 7. The standard InChI is InChI=1S/C38H41F2N11O4/c1-46-33-25(5-2-7-29(33)51(38(46)55)30-12-13-31(52)44-37(30)54)6-3-15-47-17-19-48(20-18-47)22-24-8-10-26(11-9-24)50-23-28(32(45-50)34(39)40)43-36(53)27-21-42-49-16-4-14-41-35(27)49/h2,4-5,7,14,16,21,23-24,26,30,34H,8-13,15,17-20,22H2,1H3,(H,43,53)(H,44,52,54)/t24-,26-,30?. The number of piperidine rings is 1. The summed E-state index contributed by atoms with van der Waals surface area (Å²) in [5.74, 6) is 5.67. The van der Waals surface area contributed by atoms with Gasteiger partial charge < -0.3 is 10.2 Å². The molecule has 2 N–H and O–H groups in total. The van der Waals surface area contributed by atoms with Crippen LogP contribution in [0.1, 0.15) is 78.6 Å². The molecule has 6 heterocycles. The number of fused-ring (bicyclic) bond motifs is 2. The van der Waals surface area contributed by atoms with Gasteiger partial charge >= 0.3 is 5.69 Å². The van der Waals surface area contributed by atoms with Crippen molar-refractivity contribution in [1.82, 2.24) is 48.6 Å². The Bertz CT molecular complexity index is 2390. The first kappa shape index (κ1) is 36.3. The Morgan fingerprint density at radius 2 is 1.82 bits per heavy atom. The molecule has 3 aliphatic rings. The van der Waals surface area contributed by atoms with Crippen molar-refractivity contribution in [2.45, 2.75) is 57.0 Å². The number of hydrogen-bond acceptors (Lipinski definition) is 9. The average molecular weight is 754 g/mol. The van der Waals surface area contributed by atoms with E-state index in [4.69, 9.17) is 0 Å². The first-order chi connectivity index (χ1) is 26.6. The van der Waals surface area contributed by atoms with Gasteiger partial charge in [-0.15, -0.1) is 0 Å². The number of para-hydroxylation sites is 1. The van der Waals surface area contributed by atoms with Crippen LogP contribution in [-0.2, 0) is 16.6 Å². The van der Waals surface area contributed by atoms with E-state index in [9.17, 15) is 28.0 Å². The minimum absolute atomic E-state index is 0.00787. The summed E-state index contributed by atoms with van der Waals surface area (Å²) < 4.78 is 34.1. The van der Waals surface area contributed by atoms with Gasteiger partial charge in [0.15, 0.2) is 11.3 Å². The maximum atomic E-state index is 14.0. The van der Waals surface area contributed by atoms with Crippen LogP contribution >= 0.6 is 0 Å². The first-order valence-electron chi connectivity index (χ1n) is 18.6. The van der Waals surface area contributed by atoms with Gasteiger partial charge in [-0.05, 0) is 56.2 Å². The molecule has 0 radical (unpaired) electrons. The lowest BCUT2D eigenvalue weighted by Crippen LogP contribution is -2.48. The highest BCUT2D eigenvalue weighted by Gasteiger charge is 2.32. The number of nitrogens with one attached hydrogen (secondary N) is 2. The predicted octanol–water partition coefficient (Wildman–Crippen LogP) is 3.15. The highest BCUT2D eigenvalue weighted by molar-refractivity contribution is 6.08. The van der Waals surface area contributed by atoms with Gasteiger partial charge in [0.2, 0.25) is 11.8 Å². The van der Waals surface area contributed by atoms with E-state index in [0.29, 0.717) is 34.7 Å². The maximum Gasteiger partial charge on any atom is 0.329 e. The fraction of sp³-hybridized carbons (Fsp3) is 0.447. The molecule has 3 amide bonds. The lowest BCUT2D eigenvalue weighted by atomic mass is 9.85. The van der Waals surface area contributed by atoms with Crippen LogP contribution in [0.2, 0.25) is 0 Å². The van der Waals surface area contributed by atoms with E-state index < -0.39 is 30.0 Å². The second-order valence-corrected chi connectivity index (χ2v) is 14.5. The molecule has 2 aliphatic heterocycles. The number of amides is 3. The fourth-order valence-electron chi connectivity index (χ4n) is 8.13.